The van der Waals surface area contributed by atoms with Gasteiger partial charge in [0.2, 0.25) is 11.8 Å². The molecule has 0 spiro atoms. The fourth-order valence-electron chi connectivity index (χ4n) is 2.45. The number of nitrogens with one attached hydrogen (secondary N) is 1. The maximum atomic E-state index is 12.4. The molecule has 0 bridgehead atoms. The molecule has 1 atom stereocenters. The third-order valence-electron chi connectivity index (χ3n) is 3.53. The Labute approximate surface area is 127 Å². The average Bonchev–Trinajstić information content (AvgIpc) is 2.47. The number of aryl methyl sites for hydroxylation is 1. The van der Waals surface area contributed by atoms with E-state index < -0.39 is 6.04 Å². The molecule has 21 heavy (non-hydrogen) atoms. The minimum atomic E-state index is -0.408. The first-order chi connectivity index (χ1) is 10.0. The van der Waals surface area contributed by atoms with Gasteiger partial charge in [-0.1, -0.05) is 43.7 Å². The number of likely N-dealkylation sites (N-methyl/N-ethyl adjacent to an activating group) is 1. The topological polar surface area (TPSA) is 49.4 Å². The highest BCUT2D eigenvalue weighted by Gasteiger charge is 2.27. The molecule has 1 aromatic carbocycles. The molecule has 0 saturated heterocycles. The first-order valence-corrected chi connectivity index (χ1v) is 7.60. The van der Waals surface area contributed by atoms with Gasteiger partial charge in [-0.3, -0.25) is 9.59 Å². The second kappa shape index (κ2) is 8.45. The van der Waals surface area contributed by atoms with Crippen LogP contribution < -0.4 is 5.32 Å². The Bertz CT molecular complexity index is 485. The zero-order valence-electron chi connectivity index (χ0n) is 13.5. The Morgan fingerprint density at radius 1 is 1.29 bits per heavy atom. The van der Waals surface area contributed by atoms with Crippen LogP contribution in [-0.4, -0.2) is 29.8 Å². The lowest BCUT2D eigenvalue weighted by Gasteiger charge is -2.30. The molecule has 0 aliphatic carbocycles. The van der Waals surface area contributed by atoms with Crippen molar-refractivity contribution in [2.24, 2.45) is 0 Å². The van der Waals surface area contributed by atoms with Crippen molar-refractivity contribution >= 4 is 11.8 Å². The fourth-order valence-corrected chi connectivity index (χ4v) is 2.45. The molecule has 4 heteroatoms. The molecule has 2 amide bonds. The number of hydrogen-bond acceptors (Lipinski definition) is 2. The Morgan fingerprint density at radius 3 is 2.52 bits per heavy atom. The number of carbonyl (C=O) groups is 2. The van der Waals surface area contributed by atoms with Gasteiger partial charge in [0.1, 0.15) is 6.04 Å². The van der Waals surface area contributed by atoms with Gasteiger partial charge in [-0.25, -0.2) is 0 Å². The van der Waals surface area contributed by atoms with Crippen LogP contribution in [0.3, 0.4) is 0 Å². The molecule has 0 saturated carbocycles. The van der Waals surface area contributed by atoms with Gasteiger partial charge in [-0.15, -0.1) is 0 Å². The van der Waals surface area contributed by atoms with Crippen LogP contribution >= 0.6 is 0 Å². The van der Waals surface area contributed by atoms with Crippen LogP contribution in [0.25, 0.3) is 0 Å². The molecule has 4 nitrogen and oxygen atoms in total. The van der Waals surface area contributed by atoms with Crippen molar-refractivity contribution in [3.05, 3.63) is 35.4 Å². The van der Waals surface area contributed by atoms with Gasteiger partial charge >= 0.3 is 0 Å². The molecular formula is C17H26N2O2. The number of benzene rings is 1. The molecule has 1 rings (SSSR count). The third kappa shape index (κ3) is 4.88. The zero-order valence-corrected chi connectivity index (χ0v) is 13.5. The summed E-state index contributed by atoms with van der Waals surface area (Å²) in [5.74, 6) is -0.0657. The summed E-state index contributed by atoms with van der Waals surface area (Å²) in [6.45, 7) is 6.41. The van der Waals surface area contributed by atoms with Crippen molar-refractivity contribution in [2.45, 2.75) is 52.6 Å². The van der Waals surface area contributed by atoms with Crippen molar-refractivity contribution in [3.8, 4) is 0 Å². The van der Waals surface area contributed by atoms with E-state index >= 15 is 0 Å². The highest BCUT2D eigenvalue weighted by molar-refractivity contribution is 5.87. The van der Waals surface area contributed by atoms with E-state index in [1.54, 1.807) is 11.9 Å². The summed E-state index contributed by atoms with van der Waals surface area (Å²) in [5, 5.41) is 2.66. The number of rotatable bonds is 7. The molecule has 1 N–H and O–H groups in total. The van der Waals surface area contributed by atoms with Crippen LogP contribution in [0.4, 0.5) is 0 Å². The SMILES string of the molecule is CCCC(=O)N(Cc1cccc(C)c1)[C@@H](CC)C(=O)NC. The predicted molar refractivity (Wildman–Crippen MR) is 84.8 cm³/mol. The van der Waals surface area contributed by atoms with E-state index in [0.717, 1.165) is 17.5 Å². The zero-order chi connectivity index (χ0) is 15.8. The van der Waals surface area contributed by atoms with Gasteiger partial charge < -0.3 is 10.2 Å². The predicted octanol–water partition coefficient (Wildman–Crippen LogP) is 2.65. The van der Waals surface area contributed by atoms with E-state index in [9.17, 15) is 9.59 Å². The van der Waals surface area contributed by atoms with Gasteiger partial charge in [0.15, 0.2) is 0 Å². The summed E-state index contributed by atoms with van der Waals surface area (Å²) in [5.41, 5.74) is 2.21. The molecule has 116 valence electrons. The summed E-state index contributed by atoms with van der Waals surface area (Å²) in [7, 11) is 1.61. The lowest BCUT2D eigenvalue weighted by molar-refractivity contribution is -0.141. The standard InChI is InChI=1S/C17H26N2O2/c1-5-8-16(20)19(15(6-2)17(21)18-4)12-14-10-7-9-13(3)11-14/h7,9-11,15H,5-6,8,12H2,1-4H3,(H,18,21)/t15-/m0/s1. The highest BCUT2D eigenvalue weighted by Crippen LogP contribution is 2.15. The van der Waals surface area contributed by atoms with Crippen molar-refractivity contribution in [1.29, 1.82) is 0 Å². The second-order valence-electron chi connectivity index (χ2n) is 5.30. The smallest absolute Gasteiger partial charge is 0.242 e. The molecule has 0 aliphatic heterocycles. The first-order valence-electron chi connectivity index (χ1n) is 7.60. The first kappa shape index (κ1) is 17.2. The lowest BCUT2D eigenvalue weighted by Crippen LogP contribution is -2.48. The van der Waals surface area contributed by atoms with Crippen LogP contribution in [0.15, 0.2) is 24.3 Å². The Morgan fingerprint density at radius 2 is 2.00 bits per heavy atom. The normalized spacial score (nSPS) is 11.8. The molecule has 0 heterocycles. The maximum absolute atomic E-state index is 12.4. The Kier molecular flexibility index (Phi) is 6.92. The van der Waals surface area contributed by atoms with E-state index in [1.165, 1.54) is 0 Å². The molecule has 0 unspecified atom stereocenters. The van der Waals surface area contributed by atoms with Crippen LogP contribution in [0, 0.1) is 6.92 Å². The lowest BCUT2D eigenvalue weighted by atomic mass is 10.1. The van der Waals surface area contributed by atoms with E-state index in [2.05, 4.69) is 11.4 Å². The van der Waals surface area contributed by atoms with Crippen LogP contribution in [0.5, 0.6) is 0 Å². The maximum Gasteiger partial charge on any atom is 0.242 e. The highest BCUT2D eigenvalue weighted by atomic mass is 16.2. The molecule has 0 radical (unpaired) electrons. The van der Waals surface area contributed by atoms with Gasteiger partial charge in [0, 0.05) is 20.0 Å². The minimum Gasteiger partial charge on any atom is -0.357 e. The van der Waals surface area contributed by atoms with Gasteiger partial charge in [0.05, 0.1) is 0 Å². The molecular weight excluding hydrogens is 264 g/mol. The van der Waals surface area contributed by atoms with Crippen molar-refractivity contribution in [3.63, 3.8) is 0 Å². The van der Waals surface area contributed by atoms with Gasteiger partial charge in [0.25, 0.3) is 0 Å². The third-order valence-corrected chi connectivity index (χ3v) is 3.53. The minimum absolute atomic E-state index is 0.0365. The molecule has 0 aliphatic rings. The van der Waals surface area contributed by atoms with E-state index in [-0.39, 0.29) is 11.8 Å². The molecule has 0 aromatic heterocycles. The summed E-state index contributed by atoms with van der Waals surface area (Å²) >= 11 is 0. The molecule has 1 aromatic rings. The van der Waals surface area contributed by atoms with E-state index in [0.29, 0.717) is 19.4 Å². The van der Waals surface area contributed by atoms with Crippen LogP contribution in [-0.2, 0) is 16.1 Å². The van der Waals surface area contributed by atoms with Gasteiger partial charge in [-0.2, -0.15) is 0 Å². The summed E-state index contributed by atoms with van der Waals surface area (Å²) in [6.07, 6.45) is 1.87. The number of hydrogen-bond donors (Lipinski definition) is 1. The summed E-state index contributed by atoms with van der Waals surface area (Å²) in [6, 6.07) is 7.65. The van der Waals surface area contributed by atoms with E-state index in [4.69, 9.17) is 0 Å². The Balaban J connectivity index is 3.01. The molecule has 0 fully saturated rings. The largest absolute Gasteiger partial charge is 0.357 e. The fraction of sp³-hybridized carbons (Fsp3) is 0.529. The van der Waals surface area contributed by atoms with Crippen molar-refractivity contribution < 1.29 is 9.59 Å². The number of amides is 2. The van der Waals surface area contributed by atoms with Gasteiger partial charge in [-0.05, 0) is 25.3 Å². The quantitative estimate of drug-likeness (QED) is 0.839. The van der Waals surface area contributed by atoms with Crippen molar-refractivity contribution in [1.82, 2.24) is 10.2 Å². The summed E-state index contributed by atoms with van der Waals surface area (Å²) < 4.78 is 0. The average molecular weight is 290 g/mol. The second-order valence-corrected chi connectivity index (χ2v) is 5.30. The number of nitrogens with zero attached hydrogens (tertiary/aromatic N) is 1. The monoisotopic (exact) mass is 290 g/mol. The van der Waals surface area contributed by atoms with Crippen molar-refractivity contribution in [2.75, 3.05) is 7.05 Å². The number of carbonyl (C=O) groups excluding carboxylic acids is 2. The van der Waals surface area contributed by atoms with E-state index in [1.807, 2.05) is 39.0 Å². The van der Waals surface area contributed by atoms with Crippen LogP contribution in [0.2, 0.25) is 0 Å². The summed E-state index contributed by atoms with van der Waals surface area (Å²) in [4.78, 5) is 26.1. The Hall–Kier alpha value is -1.84. The van der Waals surface area contributed by atoms with Crippen LogP contribution in [0.1, 0.15) is 44.2 Å².